The van der Waals surface area contributed by atoms with E-state index in [0.29, 0.717) is 33.9 Å². The first-order valence-corrected chi connectivity index (χ1v) is 13.5. The third kappa shape index (κ3) is 7.67. The second-order valence-corrected chi connectivity index (χ2v) is 10.5. The van der Waals surface area contributed by atoms with Gasteiger partial charge in [0.05, 0.1) is 28.5 Å². The van der Waals surface area contributed by atoms with Crippen molar-refractivity contribution in [2.45, 2.75) is 76.1 Å². The lowest BCUT2D eigenvalue weighted by atomic mass is 9.90. The molecule has 192 valence electrons. The van der Waals surface area contributed by atoms with Crippen molar-refractivity contribution < 1.29 is 9.47 Å². The molecule has 2 aromatic heterocycles. The highest BCUT2D eigenvalue weighted by Gasteiger charge is 2.23. The fourth-order valence-corrected chi connectivity index (χ4v) is 5.33. The van der Waals surface area contributed by atoms with Gasteiger partial charge in [-0.25, -0.2) is 9.97 Å². The van der Waals surface area contributed by atoms with Gasteiger partial charge in [0, 0.05) is 50.1 Å². The van der Waals surface area contributed by atoms with E-state index < -0.39 is 0 Å². The van der Waals surface area contributed by atoms with Gasteiger partial charge in [-0.1, -0.05) is 23.2 Å². The molecular formula is C26H37Cl2N5O2. The molecule has 2 atom stereocenters. The van der Waals surface area contributed by atoms with E-state index in [4.69, 9.17) is 37.7 Å². The predicted molar refractivity (Wildman–Crippen MR) is 144 cm³/mol. The van der Waals surface area contributed by atoms with E-state index in [2.05, 4.69) is 27.9 Å². The highest BCUT2D eigenvalue weighted by molar-refractivity contribution is 6.36. The van der Waals surface area contributed by atoms with Crippen LogP contribution in [-0.2, 0) is 9.47 Å². The van der Waals surface area contributed by atoms with Crippen molar-refractivity contribution in [3.8, 4) is 11.3 Å². The van der Waals surface area contributed by atoms with Crippen molar-refractivity contribution >= 4 is 34.8 Å². The van der Waals surface area contributed by atoms with Gasteiger partial charge in [-0.05, 0) is 70.1 Å². The summed E-state index contributed by atoms with van der Waals surface area (Å²) in [5.41, 5.74) is 1.42. The highest BCUT2D eigenvalue weighted by atomic mass is 35.5. The van der Waals surface area contributed by atoms with E-state index in [-0.39, 0.29) is 6.10 Å². The molecule has 0 unspecified atom stereocenters. The van der Waals surface area contributed by atoms with Crippen LogP contribution in [0.25, 0.3) is 11.3 Å². The van der Waals surface area contributed by atoms with Gasteiger partial charge in [-0.15, -0.1) is 0 Å². The summed E-state index contributed by atoms with van der Waals surface area (Å²) in [6.07, 6.45) is 9.73. The maximum atomic E-state index is 6.55. The zero-order chi connectivity index (χ0) is 24.6. The first-order chi connectivity index (χ1) is 17.0. The van der Waals surface area contributed by atoms with Gasteiger partial charge in [-0.3, -0.25) is 0 Å². The molecule has 2 aliphatic rings. The fraction of sp³-hybridized carbons (Fsp3) is 0.615. The molecular weight excluding hydrogens is 485 g/mol. The number of methoxy groups -OCH3 is 1. The van der Waals surface area contributed by atoms with E-state index in [1.807, 2.05) is 18.2 Å². The Kier molecular flexibility index (Phi) is 9.86. The lowest BCUT2D eigenvalue weighted by Gasteiger charge is -2.32. The molecule has 0 aromatic carbocycles. The minimum Gasteiger partial charge on any atom is -0.383 e. The van der Waals surface area contributed by atoms with Gasteiger partial charge in [0.1, 0.15) is 11.6 Å². The third-order valence-corrected chi connectivity index (χ3v) is 7.36. The molecule has 2 fully saturated rings. The SMILES string of the molecule is COC[C@@H](C)N[C@H]1CC[C@H](Nc2cc(-c3nc(NC[C@@H]4CCCCO4)ccc3Cl)c(Cl)cn2)CC1. The molecule has 0 radical (unpaired) electrons. The second kappa shape index (κ2) is 13.1. The number of nitrogens with zero attached hydrogens (tertiary/aromatic N) is 2. The van der Waals surface area contributed by atoms with Crippen LogP contribution < -0.4 is 16.0 Å². The topological polar surface area (TPSA) is 80.3 Å². The van der Waals surface area contributed by atoms with Gasteiger partial charge < -0.3 is 25.4 Å². The summed E-state index contributed by atoms with van der Waals surface area (Å²) in [4.78, 5) is 9.29. The largest absolute Gasteiger partial charge is 0.383 e. The van der Waals surface area contributed by atoms with Gasteiger partial charge >= 0.3 is 0 Å². The van der Waals surface area contributed by atoms with Crippen molar-refractivity contribution in [1.82, 2.24) is 15.3 Å². The number of hydrogen-bond donors (Lipinski definition) is 3. The van der Waals surface area contributed by atoms with Crippen molar-refractivity contribution in [2.24, 2.45) is 0 Å². The maximum absolute atomic E-state index is 6.55. The van der Waals surface area contributed by atoms with E-state index in [1.165, 1.54) is 6.42 Å². The van der Waals surface area contributed by atoms with Crippen LogP contribution in [0.1, 0.15) is 51.9 Å². The molecule has 3 heterocycles. The summed E-state index contributed by atoms with van der Waals surface area (Å²) in [7, 11) is 1.74. The van der Waals surface area contributed by atoms with Crippen molar-refractivity contribution in [3.63, 3.8) is 0 Å². The Morgan fingerprint density at radius 1 is 1.06 bits per heavy atom. The smallest absolute Gasteiger partial charge is 0.126 e. The van der Waals surface area contributed by atoms with Crippen molar-refractivity contribution in [1.29, 1.82) is 0 Å². The molecule has 0 amide bonds. The number of nitrogens with one attached hydrogen (secondary N) is 3. The van der Waals surface area contributed by atoms with Crippen molar-refractivity contribution in [3.05, 3.63) is 34.4 Å². The summed E-state index contributed by atoms with van der Waals surface area (Å²) in [5, 5.41) is 11.7. The minimum atomic E-state index is 0.221. The minimum absolute atomic E-state index is 0.221. The number of hydrogen-bond acceptors (Lipinski definition) is 7. The summed E-state index contributed by atoms with van der Waals surface area (Å²) >= 11 is 13.1. The van der Waals surface area contributed by atoms with Gasteiger partial charge in [0.15, 0.2) is 0 Å². The number of rotatable bonds is 10. The van der Waals surface area contributed by atoms with Crippen LogP contribution >= 0.6 is 23.2 Å². The molecule has 0 spiro atoms. The molecule has 0 bridgehead atoms. The Hall–Kier alpha value is -1.64. The van der Waals surface area contributed by atoms with Crippen LogP contribution in [0.2, 0.25) is 10.0 Å². The Bertz CT molecular complexity index is 949. The van der Waals surface area contributed by atoms with Crippen LogP contribution in [-0.4, -0.2) is 61.1 Å². The van der Waals surface area contributed by atoms with E-state index in [9.17, 15) is 0 Å². The molecule has 2 aromatic rings. The van der Waals surface area contributed by atoms with E-state index >= 15 is 0 Å². The monoisotopic (exact) mass is 521 g/mol. The highest BCUT2D eigenvalue weighted by Crippen LogP contribution is 2.34. The summed E-state index contributed by atoms with van der Waals surface area (Å²) in [6, 6.07) is 6.98. The number of ether oxygens (including phenoxy) is 2. The van der Waals surface area contributed by atoms with E-state index in [1.54, 1.807) is 13.3 Å². The van der Waals surface area contributed by atoms with Crippen LogP contribution in [0.15, 0.2) is 24.4 Å². The van der Waals surface area contributed by atoms with Gasteiger partial charge in [0.2, 0.25) is 0 Å². The molecule has 7 nitrogen and oxygen atoms in total. The van der Waals surface area contributed by atoms with E-state index in [0.717, 1.165) is 75.5 Å². The molecule has 1 saturated carbocycles. The Morgan fingerprint density at radius 2 is 1.86 bits per heavy atom. The summed E-state index contributed by atoms with van der Waals surface area (Å²) in [6.45, 7) is 4.46. The standard InChI is InChI=1S/C26H37Cl2N5O2/c1-17(16-34-2)31-18-6-8-19(9-7-18)32-25-13-21(23(28)15-30-25)26-22(27)10-11-24(33-26)29-14-20-5-3-4-12-35-20/h10-11,13,15,17-20,31H,3-9,12,14,16H2,1-2H3,(H,29,33)(H,30,32)/t17-,18-,19-,20+/m1/s1. The quantitative estimate of drug-likeness (QED) is 0.365. The van der Waals surface area contributed by atoms with Gasteiger partial charge in [0.25, 0.3) is 0 Å². The first-order valence-electron chi connectivity index (χ1n) is 12.7. The Morgan fingerprint density at radius 3 is 2.60 bits per heavy atom. The van der Waals surface area contributed by atoms with Crippen LogP contribution in [0.5, 0.6) is 0 Å². The second-order valence-electron chi connectivity index (χ2n) is 9.66. The van der Waals surface area contributed by atoms with Crippen LogP contribution in [0.4, 0.5) is 11.6 Å². The fourth-order valence-electron chi connectivity index (χ4n) is 4.93. The van der Waals surface area contributed by atoms with Crippen LogP contribution in [0, 0.1) is 0 Å². The zero-order valence-corrected chi connectivity index (χ0v) is 22.2. The normalized spacial score (nSPS) is 23.6. The lowest BCUT2D eigenvalue weighted by Crippen LogP contribution is -2.42. The van der Waals surface area contributed by atoms with Crippen molar-refractivity contribution in [2.75, 3.05) is 37.5 Å². The zero-order valence-electron chi connectivity index (χ0n) is 20.7. The summed E-state index contributed by atoms with van der Waals surface area (Å²) in [5.74, 6) is 1.55. The van der Waals surface area contributed by atoms with Gasteiger partial charge in [-0.2, -0.15) is 0 Å². The number of halogens is 2. The predicted octanol–water partition coefficient (Wildman–Crippen LogP) is 5.78. The number of aromatic nitrogens is 2. The molecule has 1 aliphatic carbocycles. The Balaban J connectivity index is 1.38. The first kappa shape index (κ1) is 26.4. The molecule has 35 heavy (non-hydrogen) atoms. The average Bonchev–Trinajstić information content (AvgIpc) is 2.87. The molecule has 3 N–H and O–H groups in total. The van der Waals surface area contributed by atoms with Crippen LogP contribution in [0.3, 0.4) is 0 Å². The molecule has 9 heteroatoms. The number of anilines is 2. The third-order valence-electron chi connectivity index (χ3n) is 6.76. The summed E-state index contributed by atoms with van der Waals surface area (Å²) < 4.78 is 11.1. The average molecular weight is 523 g/mol. The maximum Gasteiger partial charge on any atom is 0.126 e. The molecule has 1 saturated heterocycles. The number of pyridine rings is 2. The molecule has 1 aliphatic heterocycles. The lowest BCUT2D eigenvalue weighted by molar-refractivity contribution is 0.0247. The Labute approximate surface area is 218 Å². The molecule has 4 rings (SSSR count).